The summed E-state index contributed by atoms with van der Waals surface area (Å²) < 4.78 is 27.4. The Kier molecular flexibility index (Phi) is 7.04. The second kappa shape index (κ2) is 9.90. The molecule has 5 N–H and O–H groups in total. The van der Waals surface area contributed by atoms with Crippen molar-refractivity contribution >= 4 is 5.91 Å². The summed E-state index contributed by atoms with van der Waals surface area (Å²) in [6.45, 7) is 0.309. The number of hydrogen-bond acceptors (Lipinski definition) is 6. The van der Waals surface area contributed by atoms with E-state index in [0.29, 0.717) is 18.7 Å². The van der Waals surface area contributed by atoms with Crippen LogP contribution in [-0.4, -0.2) is 51.6 Å². The van der Waals surface area contributed by atoms with Crippen molar-refractivity contribution in [1.82, 2.24) is 20.2 Å². The molecule has 2 aromatic heterocycles. The number of halogens is 2. The zero-order valence-corrected chi connectivity index (χ0v) is 16.1. The van der Waals surface area contributed by atoms with Crippen molar-refractivity contribution in [2.24, 2.45) is 5.73 Å². The second-order valence-corrected chi connectivity index (χ2v) is 6.65. The van der Waals surface area contributed by atoms with Crippen LogP contribution in [0.2, 0.25) is 0 Å². The molecule has 1 aromatic carbocycles. The second-order valence-electron chi connectivity index (χ2n) is 6.65. The summed E-state index contributed by atoms with van der Waals surface area (Å²) in [7, 11) is 0. The fraction of sp³-hybridized carbons (Fsp3) is 0.250. The van der Waals surface area contributed by atoms with Crippen molar-refractivity contribution in [3.8, 4) is 11.3 Å². The minimum absolute atomic E-state index is 0.125. The highest BCUT2D eigenvalue weighted by Gasteiger charge is 2.14. The molecule has 0 radical (unpaired) electrons. The summed E-state index contributed by atoms with van der Waals surface area (Å²) in [6.07, 6.45) is 3.31. The Balaban J connectivity index is 1.59. The van der Waals surface area contributed by atoms with Crippen LogP contribution in [-0.2, 0) is 6.42 Å². The Bertz CT molecular complexity index is 993. The Hall–Kier alpha value is -3.37. The van der Waals surface area contributed by atoms with Crippen LogP contribution in [0.5, 0.6) is 0 Å². The SMILES string of the molecule is N[C@@H](CO)CNC(=O)c1ccc(-c2cn(NCCc3cccc(F)c3)nc2F)nc1. The Labute approximate surface area is 171 Å². The van der Waals surface area contributed by atoms with Crippen LogP contribution in [0.3, 0.4) is 0 Å². The number of aliphatic hydroxyl groups is 1. The average Bonchev–Trinajstić information content (AvgIpc) is 3.12. The zero-order valence-electron chi connectivity index (χ0n) is 16.1. The number of nitrogens with two attached hydrogens (primary N) is 1. The molecule has 2 heterocycles. The molecule has 0 aliphatic heterocycles. The van der Waals surface area contributed by atoms with E-state index in [0.717, 1.165) is 5.56 Å². The van der Waals surface area contributed by atoms with Gasteiger partial charge in [-0.25, -0.2) is 4.39 Å². The van der Waals surface area contributed by atoms with Gasteiger partial charge in [0.05, 0.1) is 29.6 Å². The summed E-state index contributed by atoms with van der Waals surface area (Å²) >= 11 is 0. The largest absolute Gasteiger partial charge is 0.395 e. The van der Waals surface area contributed by atoms with Gasteiger partial charge in [0.2, 0.25) is 5.95 Å². The Morgan fingerprint density at radius 3 is 2.80 bits per heavy atom. The first kappa shape index (κ1) is 21.3. The van der Waals surface area contributed by atoms with E-state index in [1.807, 2.05) is 0 Å². The number of pyridine rings is 1. The van der Waals surface area contributed by atoms with Gasteiger partial charge >= 0.3 is 0 Å². The molecule has 30 heavy (non-hydrogen) atoms. The average molecular weight is 416 g/mol. The monoisotopic (exact) mass is 416 g/mol. The summed E-state index contributed by atoms with van der Waals surface area (Å²) in [5, 5.41) is 15.2. The number of nitrogens with one attached hydrogen (secondary N) is 2. The van der Waals surface area contributed by atoms with Gasteiger partial charge in [-0.2, -0.15) is 9.18 Å². The van der Waals surface area contributed by atoms with Crippen LogP contribution < -0.4 is 16.5 Å². The third-order valence-electron chi connectivity index (χ3n) is 4.31. The number of hydrogen-bond donors (Lipinski definition) is 4. The zero-order chi connectivity index (χ0) is 21.5. The van der Waals surface area contributed by atoms with Gasteiger partial charge in [-0.1, -0.05) is 12.1 Å². The lowest BCUT2D eigenvalue weighted by atomic mass is 10.1. The minimum Gasteiger partial charge on any atom is -0.395 e. The van der Waals surface area contributed by atoms with E-state index >= 15 is 0 Å². The van der Waals surface area contributed by atoms with Crippen LogP contribution in [0.1, 0.15) is 15.9 Å². The lowest BCUT2D eigenvalue weighted by molar-refractivity contribution is 0.0947. The highest BCUT2D eigenvalue weighted by atomic mass is 19.1. The van der Waals surface area contributed by atoms with Gasteiger partial charge in [-0.05, 0) is 36.2 Å². The normalized spacial score (nSPS) is 11.9. The van der Waals surface area contributed by atoms with Crippen molar-refractivity contribution in [2.45, 2.75) is 12.5 Å². The summed E-state index contributed by atoms with van der Waals surface area (Å²) in [5.74, 6) is -1.42. The van der Waals surface area contributed by atoms with Gasteiger partial charge < -0.3 is 21.6 Å². The molecule has 3 rings (SSSR count). The molecule has 8 nitrogen and oxygen atoms in total. The molecule has 0 saturated heterocycles. The summed E-state index contributed by atoms with van der Waals surface area (Å²) in [4.78, 5) is 17.4. The molecule has 0 bridgehead atoms. The van der Waals surface area contributed by atoms with Gasteiger partial charge in [0.15, 0.2) is 0 Å². The number of carbonyl (C=O) groups is 1. The van der Waals surface area contributed by atoms with Gasteiger partial charge in [0.25, 0.3) is 5.91 Å². The fourth-order valence-electron chi connectivity index (χ4n) is 2.69. The van der Waals surface area contributed by atoms with Crippen molar-refractivity contribution < 1.29 is 18.7 Å². The third-order valence-corrected chi connectivity index (χ3v) is 4.31. The van der Waals surface area contributed by atoms with Crippen LogP contribution in [0, 0.1) is 11.8 Å². The number of carbonyl (C=O) groups excluding carboxylic acids is 1. The first-order valence-corrected chi connectivity index (χ1v) is 9.31. The van der Waals surface area contributed by atoms with Gasteiger partial charge in [-0.15, -0.1) is 5.10 Å². The summed E-state index contributed by atoms with van der Waals surface area (Å²) in [5.41, 5.74) is 10.0. The molecular weight excluding hydrogens is 394 g/mol. The fourth-order valence-corrected chi connectivity index (χ4v) is 2.69. The topological polar surface area (TPSA) is 118 Å². The maximum atomic E-state index is 14.2. The molecule has 10 heteroatoms. The quantitative estimate of drug-likeness (QED) is 0.414. The third kappa shape index (κ3) is 5.58. The highest BCUT2D eigenvalue weighted by molar-refractivity contribution is 5.94. The Morgan fingerprint density at radius 2 is 2.10 bits per heavy atom. The lowest BCUT2D eigenvalue weighted by Gasteiger charge is -2.09. The first-order valence-electron chi connectivity index (χ1n) is 9.31. The van der Waals surface area contributed by atoms with Crippen LogP contribution in [0.4, 0.5) is 8.78 Å². The Morgan fingerprint density at radius 1 is 1.27 bits per heavy atom. The smallest absolute Gasteiger partial charge is 0.252 e. The molecule has 0 aliphatic carbocycles. The number of benzene rings is 1. The molecule has 1 amide bonds. The number of nitrogens with zero attached hydrogens (tertiary/aromatic N) is 3. The molecule has 1 atom stereocenters. The number of amides is 1. The van der Waals surface area contributed by atoms with E-state index in [2.05, 4.69) is 20.8 Å². The van der Waals surface area contributed by atoms with Crippen LogP contribution in [0.15, 0.2) is 48.8 Å². The van der Waals surface area contributed by atoms with Gasteiger partial charge in [0, 0.05) is 25.3 Å². The number of aliphatic hydroxyl groups excluding tert-OH is 1. The highest BCUT2D eigenvalue weighted by Crippen LogP contribution is 2.19. The van der Waals surface area contributed by atoms with E-state index in [-0.39, 0.29) is 30.1 Å². The predicted molar refractivity (Wildman–Crippen MR) is 107 cm³/mol. The van der Waals surface area contributed by atoms with Gasteiger partial charge in [-0.3, -0.25) is 9.78 Å². The number of rotatable bonds is 9. The predicted octanol–water partition coefficient (Wildman–Crippen LogP) is 1.06. The first-order chi connectivity index (χ1) is 14.5. The maximum Gasteiger partial charge on any atom is 0.252 e. The minimum atomic E-state index is -0.716. The van der Waals surface area contributed by atoms with Crippen LogP contribution >= 0.6 is 0 Å². The van der Waals surface area contributed by atoms with Gasteiger partial charge in [0.1, 0.15) is 5.82 Å². The van der Waals surface area contributed by atoms with Crippen molar-refractivity contribution in [3.05, 3.63) is 71.7 Å². The van der Waals surface area contributed by atoms with E-state index < -0.39 is 17.9 Å². The molecular formula is C20H22F2N6O2. The maximum absolute atomic E-state index is 14.2. The molecule has 158 valence electrons. The van der Waals surface area contributed by atoms with Crippen molar-refractivity contribution in [2.75, 3.05) is 25.1 Å². The molecule has 0 spiro atoms. The van der Waals surface area contributed by atoms with E-state index in [1.165, 1.54) is 41.4 Å². The standard InChI is InChI=1S/C20H22F2N6O2/c21-15-3-1-2-13(8-15)6-7-26-28-11-17(19(22)27-28)18-5-4-14(9-24-18)20(30)25-10-16(23)12-29/h1-5,8-9,11,16,26,29H,6-7,10,12,23H2,(H,25,30)/t16-/m1/s1. The molecule has 3 aromatic rings. The van der Waals surface area contributed by atoms with Crippen LogP contribution in [0.25, 0.3) is 11.3 Å². The molecule has 0 unspecified atom stereocenters. The van der Waals surface area contributed by atoms with E-state index in [1.54, 1.807) is 12.1 Å². The summed E-state index contributed by atoms with van der Waals surface area (Å²) in [6, 6.07) is 8.73. The van der Waals surface area contributed by atoms with E-state index in [4.69, 9.17) is 10.8 Å². The van der Waals surface area contributed by atoms with Crippen molar-refractivity contribution in [3.63, 3.8) is 0 Å². The molecule has 0 saturated carbocycles. The number of aromatic nitrogens is 3. The molecule has 0 aliphatic rings. The van der Waals surface area contributed by atoms with E-state index in [9.17, 15) is 13.6 Å². The lowest BCUT2D eigenvalue weighted by Crippen LogP contribution is -2.39. The molecule has 0 fully saturated rings. The van der Waals surface area contributed by atoms with Crippen molar-refractivity contribution in [1.29, 1.82) is 0 Å².